The first-order valence-corrected chi connectivity index (χ1v) is 7.50. The molecule has 0 N–H and O–H groups in total. The number of thiophene rings is 1. The van der Waals surface area contributed by atoms with Crippen molar-refractivity contribution >= 4 is 21.6 Å². The van der Waals surface area contributed by atoms with E-state index in [1.54, 1.807) is 35.4 Å². The molecule has 0 saturated carbocycles. The maximum atomic E-state index is 12.5. The van der Waals surface area contributed by atoms with E-state index in [4.69, 9.17) is 4.74 Å². The third-order valence-electron chi connectivity index (χ3n) is 3.24. The molecule has 0 aliphatic rings. The van der Waals surface area contributed by atoms with Crippen molar-refractivity contribution < 1.29 is 4.74 Å². The molecule has 0 aromatic carbocycles. The van der Waals surface area contributed by atoms with Crippen LogP contribution in [0.2, 0.25) is 0 Å². The summed E-state index contributed by atoms with van der Waals surface area (Å²) in [7, 11) is 1.57. The number of nitrogens with zero attached hydrogens (tertiary/aromatic N) is 3. The number of ether oxygens (including phenoxy) is 1. The highest BCUT2D eigenvalue weighted by atomic mass is 32.1. The quantitative estimate of drug-likeness (QED) is 0.743. The van der Waals surface area contributed by atoms with E-state index in [0.29, 0.717) is 17.8 Å². The minimum Gasteiger partial charge on any atom is -0.481 e. The Labute approximate surface area is 125 Å². The number of methoxy groups -OCH3 is 1. The minimum atomic E-state index is -0.0273. The smallest absolute Gasteiger partial charge is 0.262 e. The van der Waals surface area contributed by atoms with Crippen molar-refractivity contribution in [1.29, 1.82) is 0 Å². The largest absolute Gasteiger partial charge is 0.481 e. The van der Waals surface area contributed by atoms with Crippen molar-refractivity contribution in [2.45, 2.75) is 19.9 Å². The Bertz CT molecular complexity index is 838. The fourth-order valence-electron chi connectivity index (χ4n) is 2.13. The molecule has 108 valence electrons. The molecule has 21 heavy (non-hydrogen) atoms. The van der Waals surface area contributed by atoms with E-state index in [0.717, 1.165) is 16.9 Å². The molecule has 0 amide bonds. The van der Waals surface area contributed by atoms with E-state index < -0.39 is 0 Å². The Kier molecular flexibility index (Phi) is 3.70. The van der Waals surface area contributed by atoms with E-state index in [-0.39, 0.29) is 5.56 Å². The molecule has 0 spiro atoms. The number of aryl methyl sites for hydroxylation is 1. The maximum Gasteiger partial charge on any atom is 0.262 e. The molecule has 3 aromatic heterocycles. The van der Waals surface area contributed by atoms with E-state index in [1.165, 1.54) is 4.88 Å². The number of rotatable bonds is 4. The fraction of sp³-hybridized carbons (Fsp3) is 0.267. The molecule has 0 atom stereocenters. The van der Waals surface area contributed by atoms with Crippen LogP contribution in [0.4, 0.5) is 0 Å². The van der Waals surface area contributed by atoms with Crippen LogP contribution in [0.1, 0.15) is 17.5 Å². The molecule has 0 unspecified atom stereocenters. The number of pyridine rings is 1. The maximum absolute atomic E-state index is 12.5. The number of hydrogen-bond donors (Lipinski definition) is 0. The third-order valence-corrected chi connectivity index (χ3v) is 4.43. The summed E-state index contributed by atoms with van der Waals surface area (Å²) in [6.07, 6.45) is 2.50. The predicted molar refractivity (Wildman–Crippen MR) is 83.1 cm³/mol. The van der Waals surface area contributed by atoms with Gasteiger partial charge in [0.05, 0.1) is 31.1 Å². The molecule has 6 heteroatoms. The van der Waals surface area contributed by atoms with E-state index >= 15 is 0 Å². The van der Waals surface area contributed by atoms with Crippen LogP contribution in [-0.2, 0) is 13.0 Å². The molecular formula is C15H15N3O2S. The van der Waals surface area contributed by atoms with Gasteiger partial charge in [-0.2, -0.15) is 0 Å². The normalized spacial score (nSPS) is 11.0. The Morgan fingerprint density at radius 1 is 1.38 bits per heavy atom. The lowest BCUT2D eigenvalue weighted by Crippen LogP contribution is -2.21. The summed E-state index contributed by atoms with van der Waals surface area (Å²) in [4.78, 5) is 23.2. The topological polar surface area (TPSA) is 57.0 Å². The highest BCUT2D eigenvalue weighted by Crippen LogP contribution is 2.21. The van der Waals surface area contributed by atoms with Crippen molar-refractivity contribution in [2.75, 3.05) is 7.11 Å². The zero-order valence-electron chi connectivity index (χ0n) is 11.9. The van der Waals surface area contributed by atoms with E-state index in [1.807, 2.05) is 18.2 Å². The van der Waals surface area contributed by atoms with Gasteiger partial charge in [-0.15, -0.1) is 11.3 Å². The number of fused-ring (bicyclic) bond motifs is 1. The van der Waals surface area contributed by atoms with Gasteiger partial charge >= 0.3 is 0 Å². The Morgan fingerprint density at radius 3 is 3.00 bits per heavy atom. The van der Waals surface area contributed by atoms with E-state index in [2.05, 4.69) is 16.9 Å². The molecule has 5 nitrogen and oxygen atoms in total. The molecule has 0 aliphatic carbocycles. The third kappa shape index (κ3) is 2.67. The van der Waals surface area contributed by atoms with Crippen LogP contribution in [0.25, 0.3) is 10.2 Å². The van der Waals surface area contributed by atoms with Crippen molar-refractivity contribution in [3.8, 4) is 5.88 Å². The van der Waals surface area contributed by atoms with Crippen LogP contribution < -0.4 is 10.3 Å². The van der Waals surface area contributed by atoms with Gasteiger partial charge in [-0.25, -0.2) is 9.97 Å². The Morgan fingerprint density at radius 2 is 2.24 bits per heavy atom. The molecule has 0 aliphatic heterocycles. The van der Waals surface area contributed by atoms with E-state index in [9.17, 15) is 4.79 Å². The summed E-state index contributed by atoms with van der Waals surface area (Å²) >= 11 is 1.57. The van der Waals surface area contributed by atoms with Crippen molar-refractivity contribution in [2.24, 2.45) is 0 Å². The van der Waals surface area contributed by atoms with Gasteiger partial charge in [0.25, 0.3) is 5.56 Å². The predicted octanol–water partition coefficient (Wildman–Crippen LogP) is 2.47. The molecule has 0 radical (unpaired) electrons. The summed E-state index contributed by atoms with van der Waals surface area (Å²) in [6.45, 7) is 2.46. The molecule has 0 bridgehead atoms. The standard InChI is InChI=1S/C15H15N3O2S/c1-3-11-7-12-14(21-11)16-9-18(15(12)19)8-10-5-4-6-13(17-10)20-2/h4-7,9H,3,8H2,1-2H3. The first-order valence-electron chi connectivity index (χ1n) is 6.69. The lowest BCUT2D eigenvalue weighted by molar-refractivity contribution is 0.396. The van der Waals surface area contributed by atoms with Crippen LogP contribution in [0.15, 0.2) is 35.4 Å². The minimum absolute atomic E-state index is 0.0273. The zero-order valence-corrected chi connectivity index (χ0v) is 12.7. The first kappa shape index (κ1) is 13.8. The average molecular weight is 301 g/mol. The van der Waals surface area contributed by atoms with Gasteiger partial charge < -0.3 is 4.74 Å². The monoisotopic (exact) mass is 301 g/mol. The van der Waals surface area contributed by atoms with Gasteiger partial charge in [0, 0.05) is 10.9 Å². The van der Waals surface area contributed by atoms with Gasteiger partial charge in [0.2, 0.25) is 5.88 Å². The second-order valence-corrected chi connectivity index (χ2v) is 5.75. The van der Waals surface area contributed by atoms with Gasteiger partial charge in [0.1, 0.15) is 4.83 Å². The van der Waals surface area contributed by atoms with Crippen molar-refractivity contribution in [3.63, 3.8) is 0 Å². The van der Waals surface area contributed by atoms with Crippen LogP contribution in [0.5, 0.6) is 5.88 Å². The van der Waals surface area contributed by atoms with Crippen molar-refractivity contribution in [3.05, 3.63) is 51.5 Å². The van der Waals surface area contributed by atoms with Crippen LogP contribution in [-0.4, -0.2) is 21.6 Å². The van der Waals surface area contributed by atoms with Gasteiger partial charge in [0.15, 0.2) is 0 Å². The molecular weight excluding hydrogens is 286 g/mol. The zero-order chi connectivity index (χ0) is 14.8. The lowest BCUT2D eigenvalue weighted by Gasteiger charge is -2.06. The number of aromatic nitrogens is 3. The Hall–Kier alpha value is -2.21. The second-order valence-electron chi connectivity index (χ2n) is 4.63. The molecule has 3 heterocycles. The summed E-state index contributed by atoms with van der Waals surface area (Å²) in [5, 5.41) is 0.683. The SMILES string of the molecule is CCc1cc2c(=O)n(Cc3cccc(OC)n3)cnc2s1. The summed E-state index contributed by atoms with van der Waals surface area (Å²) < 4.78 is 6.68. The van der Waals surface area contributed by atoms with Gasteiger partial charge in [-0.1, -0.05) is 13.0 Å². The average Bonchev–Trinajstić information content (AvgIpc) is 2.94. The molecule has 0 saturated heterocycles. The first-order chi connectivity index (χ1) is 10.2. The summed E-state index contributed by atoms with van der Waals surface area (Å²) in [5.41, 5.74) is 0.740. The summed E-state index contributed by atoms with van der Waals surface area (Å²) in [6, 6.07) is 7.44. The number of hydrogen-bond acceptors (Lipinski definition) is 5. The lowest BCUT2D eigenvalue weighted by atomic mass is 10.3. The highest BCUT2D eigenvalue weighted by Gasteiger charge is 2.09. The van der Waals surface area contributed by atoms with Gasteiger partial charge in [-0.05, 0) is 18.6 Å². The highest BCUT2D eigenvalue weighted by molar-refractivity contribution is 7.18. The Balaban J connectivity index is 2.00. The summed E-state index contributed by atoms with van der Waals surface area (Å²) in [5.74, 6) is 0.540. The molecule has 0 fully saturated rings. The van der Waals surface area contributed by atoms with Crippen LogP contribution >= 0.6 is 11.3 Å². The molecule has 3 aromatic rings. The van der Waals surface area contributed by atoms with Crippen molar-refractivity contribution in [1.82, 2.24) is 14.5 Å². The van der Waals surface area contributed by atoms with Crippen LogP contribution in [0, 0.1) is 0 Å². The fourth-order valence-corrected chi connectivity index (χ4v) is 3.06. The van der Waals surface area contributed by atoms with Crippen LogP contribution in [0.3, 0.4) is 0 Å². The van der Waals surface area contributed by atoms with Gasteiger partial charge in [-0.3, -0.25) is 9.36 Å². The molecule has 3 rings (SSSR count). The second kappa shape index (κ2) is 5.65.